The van der Waals surface area contributed by atoms with Crippen molar-refractivity contribution in [2.45, 2.75) is 19.9 Å². The monoisotopic (exact) mass is 390 g/mol. The molecule has 0 saturated carbocycles. The molecule has 0 spiro atoms. The van der Waals surface area contributed by atoms with Gasteiger partial charge in [0.25, 0.3) is 0 Å². The normalized spacial score (nSPS) is 11.4. The Bertz CT molecular complexity index is 497. The van der Waals surface area contributed by atoms with Crippen LogP contribution in [0.4, 0.5) is 0 Å². The van der Waals surface area contributed by atoms with Crippen molar-refractivity contribution in [3.63, 3.8) is 0 Å². The molecule has 0 aromatic rings. The van der Waals surface area contributed by atoms with E-state index in [4.69, 9.17) is 15.3 Å². The summed E-state index contributed by atoms with van der Waals surface area (Å²) < 4.78 is 0. The number of carboxylic acid groups (broad SMARTS) is 3. The molecule has 11 nitrogen and oxygen atoms in total. The molecule has 0 atom stereocenters. The summed E-state index contributed by atoms with van der Waals surface area (Å²) in [5.74, 6) is -3.45. The lowest BCUT2D eigenvalue weighted by molar-refractivity contribution is -0.142. The molecule has 0 unspecified atom stereocenters. The van der Waals surface area contributed by atoms with Gasteiger partial charge in [-0.1, -0.05) is 0 Å². The third-order valence-corrected chi connectivity index (χ3v) is 3.47. The molecule has 0 aliphatic heterocycles. The van der Waals surface area contributed by atoms with Crippen LogP contribution in [-0.4, -0.2) is 119 Å². The summed E-state index contributed by atoms with van der Waals surface area (Å²) in [6, 6.07) is -0.0375. The minimum absolute atomic E-state index is 0.0375. The Hall–Kier alpha value is -2.24. The van der Waals surface area contributed by atoms with Gasteiger partial charge in [0.15, 0.2) is 0 Å². The molecule has 0 rings (SSSR count). The maximum absolute atomic E-state index is 12.0. The molecule has 0 fully saturated rings. The van der Waals surface area contributed by atoms with Gasteiger partial charge < -0.3 is 20.6 Å². The number of rotatable bonds is 15. The van der Waals surface area contributed by atoms with Gasteiger partial charge in [-0.2, -0.15) is 0 Å². The fourth-order valence-corrected chi connectivity index (χ4v) is 2.34. The lowest BCUT2D eigenvalue weighted by Gasteiger charge is -2.27. The Labute approximate surface area is 158 Å². The zero-order valence-electron chi connectivity index (χ0n) is 16.1. The van der Waals surface area contributed by atoms with Gasteiger partial charge in [-0.15, -0.1) is 0 Å². The van der Waals surface area contributed by atoms with Gasteiger partial charge >= 0.3 is 17.9 Å². The van der Waals surface area contributed by atoms with E-state index in [2.05, 4.69) is 5.32 Å². The molecule has 156 valence electrons. The highest BCUT2D eigenvalue weighted by molar-refractivity contribution is 5.78. The van der Waals surface area contributed by atoms with E-state index < -0.39 is 31.0 Å². The zero-order chi connectivity index (χ0) is 21.0. The van der Waals surface area contributed by atoms with Crippen molar-refractivity contribution >= 4 is 23.8 Å². The molecule has 0 heterocycles. The van der Waals surface area contributed by atoms with Crippen LogP contribution < -0.4 is 5.32 Å². The standard InChI is InChI=1S/C16H30N4O7/c1-12(2)17-13(21)8-19(5-4-18(3)9-14(22)23)6-7-20(10-15(24)25)11-16(26)27/h12H,4-11H2,1-3H3,(H,17,21)(H,22,23)(H,24,25)(H,26,27). The predicted molar refractivity (Wildman–Crippen MR) is 96.6 cm³/mol. The predicted octanol–water partition coefficient (Wildman–Crippen LogP) is -1.70. The largest absolute Gasteiger partial charge is 0.480 e. The second-order valence-electron chi connectivity index (χ2n) is 6.63. The number of carboxylic acids is 3. The molecule has 0 radical (unpaired) electrons. The van der Waals surface area contributed by atoms with E-state index in [1.165, 1.54) is 4.90 Å². The Balaban J connectivity index is 4.82. The van der Waals surface area contributed by atoms with E-state index in [-0.39, 0.29) is 38.1 Å². The van der Waals surface area contributed by atoms with Crippen molar-refractivity contribution in [2.24, 2.45) is 0 Å². The molecule has 27 heavy (non-hydrogen) atoms. The molecule has 0 aromatic heterocycles. The van der Waals surface area contributed by atoms with Crippen LogP contribution >= 0.6 is 0 Å². The van der Waals surface area contributed by atoms with Gasteiger partial charge in [-0.05, 0) is 20.9 Å². The van der Waals surface area contributed by atoms with Gasteiger partial charge in [0.2, 0.25) is 5.91 Å². The molecule has 0 aliphatic rings. The highest BCUT2D eigenvalue weighted by atomic mass is 16.4. The van der Waals surface area contributed by atoms with E-state index >= 15 is 0 Å². The summed E-state index contributed by atoms with van der Waals surface area (Å²) in [5, 5.41) is 29.3. The molecular weight excluding hydrogens is 360 g/mol. The third kappa shape index (κ3) is 14.6. The number of likely N-dealkylation sites (N-methyl/N-ethyl adjacent to an activating group) is 1. The SMILES string of the molecule is CC(C)NC(=O)CN(CCN(C)CC(=O)O)CCN(CC(=O)O)CC(=O)O. The summed E-state index contributed by atoms with van der Waals surface area (Å²) in [5.41, 5.74) is 0. The van der Waals surface area contributed by atoms with E-state index in [1.807, 2.05) is 13.8 Å². The molecule has 11 heteroatoms. The first kappa shape index (κ1) is 24.8. The van der Waals surface area contributed by atoms with E-state index in [0.29, 0.717) is 13.1 Å². The summed E-state index contributed by atoms with van der Waals surface area (Å²) >= 11 is 0. The molecule has 1 amide bonds. The molecule has 0 aliphatic carbocycles. The second kappa shape index (κ2) is 13.0. The summed E-state index contributed by atoms with van der Waals surface area (Å²) in [6.07, 6.45) is 0. The fraction of sp³-hybridized carbons (Fsp3) is 0.750. The van der Waals surface area contributed by atoms with Crippen molar-refractivity contribution in [1.29, 1.82) is 0 Å². The third-order valence-electron chi connectivity index (χ3n) is 3.47. The maximum Gasteiger partial charge on any atom is 0.317 e. The van der Waals surface area contributed by atoms with Crippen molar-refractivity contribution in [3.8, 4) is 0 Å². The van der Waals surface area contributed by atoms with Crippen LogP contribution in [0.15, 0.2) is 0 Å². The molecule has 0 bridgehead atoms. The second-order valence-corrected chi connectivity index (χ2v) is 6.63. The maximum atomic E-state index is 12.0. The fourth-order valence-electron chi connectivity index (χ4n) is 2.34. The van der Waals surface area contributed by atoms with Gasteiger partial charge in [-0.25, -0.2) is 0 Å². The first-order valence-corrected chi connectivity index (χ1v) is 8.57. The Kier molecular flexibility index (Phi) is 11.9. The van der Waals surface area contributed by atoms with Gasteiger partial charge in [0, 0.05) is 32.2 Å². The van der Waals surface area contributed by atoms with Crippen molar-refractivity contribution < 1.29 is 34.5 Å². The highest BCUT2D eigenvalue weighted by Crippen LogP contribution is 1.96. The van der Waals surface area contributed by atoms with Crippen LogP contribution in [0.2, 0.25) is 0 Å². The number of nitrogens with one attached hydrogen (secondary N) is 1. The molecule has 0 saturated heterocycles. The minimum atomic E-state index is -1.14. The zero-order valence-corrected chi connectivity index (χ0v) is 16.1. The number of hydrogen-bond acceptors (Lipinski definition) is 7. The average Bonchev–Trinajstić information content (AvgIpc) is 2.47. The first-order valence-electron chi connectivity index (χ1n) is 8.57. The minimum Gasteiger partial charge on any atom is -0.480 e. The van der Waals surface area contributed by atoms with Crippen molar-refractivity contribution in [2.75, 3.05) is 59.4 Å². The summed E-state index contributed by atoms with van der Waals surface area (Å²) in [7, 11) is 1.64. The van der Waals surface area contributed by atoms with Crippen LogP contribution in [-0.2, 0) is 19.2 Å². The Morgan fingerprint density at radius 3 is 1.63 bits per heavy atom. The number of nitrogens with zero attached hydrogens (tertiary/aromatic N) is 3. The quantitative estimate of drug-likeness (QED) is 0.255. The van der Waals surface area contributed by atoms with Crippen LogP contribution in [0.3, 0.4) is 0 Å². The smallest absolute Gasteiger partial charge is 0.317 e. The Morgan fingerprint density at radius 2 is 1.19 bits per heavy atom. The lowest BCUT2D eigenvalue weighted by atomic mass is 10.3. The van der Waals surface area contributed by atoms with Crippen LogP contribution in [0, 0.1) is 0 Å². The lowest BCUT2D eigenvalue weighted by Crippen LogP contribution is -2.46. The van der Waals surface area contributed by atoms with Gasteiger partial charge in [0.05, 0.1) is 26.2 Å². The number of carbonyl (C=O) groups is 4. The highest BCUT2D eigenvalue weighted by Gasteiger charge is 2.17. The molecular formula is C16H30N4O7. The van der Waals surface area contributed by atoms with Crippen LogP contribution in [0.1, 0.15) is 13.8 Å². The van der Waals surface area contributed by atoms with E-state index in [1.54, 1.807) is 16.8 Å². The van der Waals surface area contributed by atoms with Gasteiger partial charge in [-0.3, -0.25) is 33.9 Å². The number of hydrogen-bond donors (Lipinski definition) is 4. The average molecular weight is 390 g/mol. The summed E-state index contributed by atoms with van der Waals surface area (Å²) in [6.45, 7) is 3.90. The number of carbonyl (C=O) groups excluding carboxylic acids is 1. The van der Waals surface area contributed by atoms with E-state index in [9.17, 15) is 19.2 Å². The molecule has 4 N–H and O–H groups in total. The van der Waals surface area contributed by atoms with Crippen molar-refractivity contribution in [1.82, 2.24) is 20.0 Å². The van der Waals surface area contributed by atoms with Gasteiger partial charge in [0.1, 0.15) is 0 Å². The van der Waals surface area contributed by atoms with Crippen LogP contribution in [0.25, 0.3) is 0 Å². The van der Waals surface area contributed by atoms with Crippen molar-refractivity contribution in [3.05, 3.63) is 0 Å². The van der Waals surface area contributed by atoms with Crippen LogP contribution in [0.5, 0.6) is 0 Å². The topological polar surface area (TPSA) is 151 Å². The van der Waals surface area contributed by atoms with E-state index in [0.717, 1.165) is 0 Å². The molecule has 0 aromatic carbocycles. The summed E-state index contributed by atoms with van der Waals surface area (Å²) in [4.78, 5) is 49.1. The number of aliphatic carboxylic acids is 3. The number of amides is 1. The Morgan fingerprint density at radius 1 is 0.741 bits per heavy atom. The first-order chi connectivity index (χ1) is 12.5.